The second-order valence-corrected chi connectivity index (χ2v) is 19.5. The molecule has 0 aliphatic carbocycles. The van der Waals surface area contributed by atoms with Crippen molar-refractivity contribution in [2.75, 3.05) is 30.5 Å². The molecule has 3 aliphatic heterocycles. The quantitative estimate of drug-likeness (QED) is 0.193. The van der Waals surface area contributed by atoms with Gasteiger partial charge >= 0.3 is 0 Å². The number of hydrogen-bond donors (Lipinski definition) is 2. The number of amides is 3. The summed E-state index contributed by atoms with van der Waals surface area (Å²) < 4.78 is 12.6. The van der Waals surface area contributed by atoms with Crippen LogP contribution in [0.15, 0.2) is 103 Å². The van der Waals surface area contributed by atoms with E-state index in [1.807, 2.05) is 78.9 Å². The zero-order chi connectivity index (χ0) is 36.6. The minimum Gasteiger partial charge on any atom is -0.497 e. The number of methoxy groups -OCH3 is 1. The van der Waals surface area contributed by atoms with E-state index < -0.39 is 19.8 Å². The van der Waals surface area contributed by atoms with Gasteiger partial charge in [-0.05, 0) is 66.4 Å². The van der Waals surface area contributed by atoms with Crippen molar-refractivity contribution < 1.29 is 29.0 Å². The number of carbonyl (C=O) groups is 3. The maximum absolute atomic E-state index is 15.1. The summed E-state index contributed by atoms with van der Waals surface area (Å²) in [6.45, 7) is 7.56. The van der Waals surface area contributed by atoms with Crippen LogP contribution in [0.5, 0.6) is 5.75 Å². The van der Waals surface area contributed by atoms with Gasteiger partial charge in [0.05, 0.1) is 52.6 Å². The fourth-order valence-electron chi connectivity index (χ4n) is 8.99. The zero-order valence-corrected chi connectivity index (χ0v) is 31.2. The van der Waals surface area contributed by atoms with E-state index in [4.69, 9.17) is 9.47 Å². The Labute approximate surface area is 306 Å². The predicted octanol–water partition coefficient (Wildman–Crippen LogP) is 6.08. The molecule has 3 heterocycles. The van der Waals surface area contributed by atoms with Crippen molar-refractivity contribution in [3.05, 3.63) is 120 Å². The zero-order valence-electron chi connectivity index (χ0n) is 30.2. The van der Waals surface area contributed by atoms with Gasteiger partial charge < -0.3 is 29.7 Å². The molecule has 0 aromatic heterocycles. The number of nitrogens with one attached hydrogen (secondary N) is 1. The normalized spacial score (nSPS) is 24.0. The van der Waals surface area contributed by atoms with Gasteiger partial charge in [-0.2, -0.15) is 0 Å². The number of ether oxygens (including phenoxy) is 2. The molecule has 5 atom stereocenters. The summed E-state index contributed by atoms with van der Waals surface area (Å²) in [5, 5.41) is 14.2. The Morgan fingerprint density at radius 2 is 1.71 bits per heavy atom. The minimum atomic E-state index is -2.44. The molecule has 0 radical (unpaired) electrons. The summed E-state index contributed by atoms with van der Waals surface area (Å²) in [6.07, 6.45) is 1.26. The second kappa shape index (κ2) is 14.3. The van der Waals surface area contributed by atoms with E-state index in [2.05, 4.69) is 37.5 Å². The molecule has 2 fully saturated rings. The van der Waals surface area contributed by atoms with Crippen molar-refractivity contribution in [3.63, 3.8) is 0 Å². The monoisotopic (exact) mass is 717 g/mol. The fourth-order valence-corrected chi connectivity index (χ4v) is 13.0. The van der Waals surface area contributed by atoms with Crippen LogP contribution in [0.2, 0.25) is 18.6 Å². The average molecular weight is 718 g/mol. The van der Waals surface area contributed by atoms with Crippen LogP contribution >= 0.6 is 0 Å². The van der Waals surface area contributed by atoms with Crippen molar-refractivity contribution in [2.45, 2.75) is 69.1 Å². The highest BCUT2D eigenvalue weighted by atomic mass is 28.3. The van der Waals surface area contributed by atoms with E-state index >= 15 is 4.79 Å². The Kier molecular flexibility index (Phi) is 9.82. The third-order valence-electron chi connectivity index (χ3n) is 11.6. The molecule has 270 valence electrons. The standard InChI is InChI=1S/C42H47N3O6Si/c1-28-39(52(3,4)34-21-19-33(50-2)20-22-34)37(25-38(47)44-23-11-16-32(44)27-46)51-42(28)35-17-8-9-18-36(35)45(41(42)49)26-29-12-10-15-31(24-29)43-40(48)30-13-6-5-7-14-30/h5-10,12-15,17-22,24,28,32,37,39,46H,11,16,23,25-27H2,1-4H3,(H,43,48)/t28-,32-,37+,39-,42+/m0/s1. The van der Waals surface area contributed by atoms with Gasteiger partial charge in [-0.15, -0.1) is 0 Å². The van der Waals surface area contributed by atoms with Crippen LogP contribution in [-0.2, 0) is 26.5 Å². The molecule has 0 saturated carbocycles. The van der Waals surface area contributed by atoms with E-state index in [1.54, 1.807) is 29.0 Å². The van der Waals surface area contributed by atoms with Gasteiger partial charge in [0.15, 0.2) is 5.60 Å². The second-order valence-electron chi connectivity index (χ2n) is 14.9. The molecule has 1 spiro atoms. The number of fused-ring (bicyclic) bond motifs is 2. The first kappa shape index (κ1) is 35.6. The summed E-state index contributed by atoms with van der Waals surface area (Å²) in [7, 11) is -0.791. The number of benzene rings is 4. The van der Waals surface area contributed by atoms with Crippen LogP contribution in [0.1, 0.15) is 47.7 Å². The first-order valence-corrected chi connectivity index (χ1v) is 21.3. The minimum absolute atomic E-state index is 0.0414. The average Bonchev–Trinajstić information content (AvgIpc) is 3.83. The van der Waals surface area contributed by atoms with E-state index in [-0.39, 0.29) is 54.8 Å². The molecular formula is C42H47N3O6Si. The Bertz CT molecular complexity index is 1950. The van der Waals surface area contributed by atoms with Crippen molar-refractivity contribution in [1.29, 1.82) is 0 Å². The molecule has 2 N–H and O–H groups in total. The lowest BCUT2D eigenvalue weighted by Crippen LogP contribution is -2.52. The number of rotatable bonds is 10. The van der Waals surface area contributed by atoms with Gasteiger partial charge in [0, 0.05) is 29.3 Å². The number of aliphatic hydroxyl groups is 1. The lowest BCUT2D eigenvalue weighted by atomic mass is 9.82. The lowest BCUT2D eigenvalue weighted by Gasteiger charge is -2.37. The fraction of sp³-hybridized carbons (Fsp3) is 0.357. The summed E-state index contributed by atoms with van der Waals surface area (Å²) in [6, 6.07) is 32.5. The van der Waals surface area contributed by atoms with Crippen LogP contribution in [0.4, 0.5) is 11.4 Å². The molecule has 10 heteroatoms. The van der Waals surface area contributed by atoms with Crippen LogP contribution in [0, 0.1) is 5.92 Å². The third-order valence-corrected chi connectivity index (χ3v) is 15.9. The maximum Gasteiger partial charge on any atom is 0.264 e. The van der Waals surface area contributed by atoms with E-state index in [9.17, 15) is 14.7 Å². The number of nitrogens with zero attached hydrogens (tertiary/aromatic N) is 2. The van der Waals surface area contributed by atoms with Crippen molar-refractivity contribution in [2.24, 2.45) is 5.92 Å². The summed E-state index contributed by atoms with van der Waals surface area (Å²) >= 11 is 0. The number of likely N-dealkylation sites (tertiary alicyclic amines) is 1. The molecule has 52 heavy (non-hydrogen) atoms. The molecule has 2 saturated heterocycles. The highest BCUT2D eigenvalue weighted by Gasteiger charge is 2.66. The van der Waals surface area contributed by atoms with Crippen molar-refractivity contribution in [1.82, 2.24) is 4.90 Å². The molecule has 3 aliphatic rings. The lowest BCUT2D eigenvalue weighted by molar-refractivity contribution is -0.150. The Morgan fingerprint density at radius 1 is 0.981 bits per heavy atom. The van der Waals surface area contributed by atoms with E-state index in [1.165, 1.54) is 5.19 Å². The molecule has 0 bridgehead atoms. The molecular weight excluding hydrogens is 671 g/mol. The van der Waals surface area contributed by atoms with E-state index in [0.717, 1.165) is 35.4 Å². The molecule has 0 unspecified atom stereocenters. The van der Waals surface area contributed by atoms with Crippen LogP contribution in [-0.4, -0.2) is 68.2 Å². The SMILES string of the molecule is COc1ccc([Si](C)(C)[C@@H]2[C@@H](CC(=O)N3CCC[C@H]3CO)O[C@]3(C(=O)N(Cc4cccc(NC(=O)c5ccccc5)c4)c4ccccc43)[C@H]2C)cc1. The Balaban J connectivity index is 1.23. The smallest absolute Gasteiger partial charge is 0.264 e. The van der Waals surface area contributed by atoms with Gasteiger partial charge in [0.25, 0.3) is 11.8 Å². The topological polar surface area (TPSA) is 108 Å². The summed E-state index contributed by atoms with van der Waals surface area (Å²) in [4.78, 5) is 45.7. The van der Waals surface area contributed by atoms with Gasteiger partial charge in [-0.25, -0.2) is 0 Å². The van der Waals surface area contributed by atoms with E-state index in [0.29, 0.717) is 17.8 Å². The molecule has 3 amide bonds. The first-order valence-electron chi connectivity index (χ1n) is 18.2. The Hall–Kier alpha value is -4.77. The molecule has 4 aromatic carbocycles. The van der Waals surface area contributed by atoms with Gasteiger partial charge in [-0.1, -0.05) is 85.9 Å². The third kappa shape index (κ3) is 6.22. The number of hydrogen-bond acceptors (Lipinski definition) is 6. The van der Waals surface area contributed by atoms with Crippen LogP contribution in [0.25, 0.3) is 0 Å². The van der Waals surface area contributed by atoms with Crippen molar-refractivity contribution >= 4 is 42.4 Å². The highest BCUT2D eigenvalue weighted by Crippen LogP contribution is 2.60. The Morgan fingerprint density at radius 3 is 2.44 bits per heavy atom. The summed E-state index contributed by atoms with van der Waals surface area (Å²) in [5.41, 5.74) is 2.28. The van der Waals surface area contributed by atoms with Crippen LogP contribution < -0.4 is 20.1 Å². The van der Waals surface area contributed by atoms with Crippen LogP contribution in [0.3, 0.4) is 0 Å². The molecule has 7 rings (SSSR count). The van der Waals surface area contributed by atoms with Gasteiger partial charge in [-0.3, -0.25) is 14.4 Å². The number of anilines is 2. The summed E-state index contributed by atoms with van der Waals surface area (Å²) in [5.74, 6) is 0.128. The molecule has 9 nitrogen and oxygen atoms in total. The highest BCUT2D eigenvalue weighted by molar-refractivity contribution is 6.91. The van der Waals surface area contributed by atoms with Crippen molar-refractivity contribution in [3.8, 4) is 5.75 Å². The van der Waals surface area contributed by atoms with Gasteiger partial charge in [0.1, 0.15) is 5.75 Å². The number of para-hydroxylation sites is 1. The number of aliphatic hydroxyl groups excluding tert-OH is 1. The molecule has 4 aromatic rings. The number of carbonyl (C=O) groups excluding carboxylic acids is 3. The van der Waals surface area contributed by atoms with Gasteiger partial charge in [0.2, 0.25) is 5.91 Å². The largest absolute Gasteiger partial charge is 0.497 e. The maximum atomic E-state index is 15.1. The predicted molar refractivity (Wildman–Crippen MR) is 204 cm³/mol. The first-order chi connectivity index (χ1) is 25.1.